The highest BCUT2D eigenvalue weighted by Crippen LogP contribution is 2.29. The lowest BCUT2D eigenvalue weighted by Crippen LogP contribution is -2.41. The molecule has 0 radical (unpaired) electrons. The lowest BCUT2D eigenvalue weighted by molar-refractivity contribution is -0.122. The molecule has 1 aromatic carbocycles. The number of rotatable bonds is 6. The summed E-state index contributed by atoms with van der Waals surface area (Å²) in [6, 6.07) is 8.16. The molecule has 0 spiro atoms. The number of piperidine rings is 1. The second-order valence-electron chi connectivity index (χ2n) is 6.54. The lowest BCUT2D eigenvalue weighted by atomic mass is 10.0. The molecule has 1 aliphatic rings. The number of nitrogens with zero attached hydrogens (tertiary/aromatic N) is 1. The van der Waals surface area contributed by atoms with Gasteiger partial charge in [-0.2, -0.15) is 0 Å². The van der Waals surface area contributed by atoms with Crippen LogP contribution in [0.1, 0.15) is 51.1 Å². The fourth-order valence-corrected chi connectivity index (χ4v) is 3.33. The van der Waals surface area contributed by atoms with Crippen LogP contribution in [0.25, 0.3) is 0 Å². The number of hydrogen-bond acceptors (Lipinski definition) is 2. The molecule has 0 bridgehead atoms. The highest BCUT2D eigenvalue weighted by Gasteiger charge is 2.24. The Morgan fingerprint density at radius 3 is 2.48 bits per heavy atom. The molecule has 130 valence electrons. The molecule has 1 aromatic rings. The summed E-state index contributed by atoms with van der Waals surface area (Å²) in [6.07, 6.45) is 4.32. The topological polar surface area (TPSA) is 32.3 Å². The van der Waals surface area contributed by atoms with Gasteiger partial charge in [0.05, 0.1) is 6.04 Å². The van der Waals surface area contributed by atoms with Crippen LogP contribution in [0, 0.1) is 5.92 Å². The number of carbonyl (C=O) groups excluding carboxylic acids is 1. The highest BCUT2D eigenvalue weighted by atomic mass is 35.5. The number of carbonyl (C=O) groups is 1. The Kier molecular flexibility index (Phi) is 8.96. The highest BCUT2D eigenvalue weighted by molar-refractivity contribution is 6.31. The number of likely N-dealkylation sites (tertiary alicyclic amines) is 1. The standard InChI is InChI=1S/C18H27ClN2O.ClH/c1-14(2)12-18(22)20-13-17(21-10-6-3-7-11-21)15-8-4-5-9-16(15)19;/h4-5,8-9,14,17H,3,6-7,10-13H2,1-2H3,(H,20,22);1H. The summed E-state index contributed by atoms with van der Waals surface area (Å²) in [5.41, 5.74) is 1.12. The van der Waals surface area contributed by atoms with Gasteiger partial charge in [0.1, 0.15) is 0 Å². The fraction of sp³-hybridized carbons (Fsp3) is 0.611. The van der Waals surface area contributed by atoms with Crippen LogP contribution in [0.3, 0.4) is 0 Å². The third-order valence-electron chi connectivity index (χ3n) is 4.18. The van der Waals surface area contributed by atoms with Crippen molar-refractivity contribution < 1.29 is 4.79 Å². The third-order valence-corrected chi connectivity index (χ3v) is 4.53. The van der Waals surface area contributed by atoms with Crippen molar-refractivity contribution >= 4 is 29.9 Å². The summed E-state index contributed by atoms with van der Waals surface area (Å²) in [7, 11) is 0. The van der Waals surface area contributed by atoms with E-state index in [4.69, 9.17) is 11.6 Å². The van der Waals surface area contributed by atoms with Gasteiger partial charge in [-0.25, -0.2) is 0 Å². The van der Waals surface area contributed by atoms with Gasteiger partial charge in [-0.3, -0.25) is 9.69 Å². The molecule has 0 saturated carbocycles. The van der Waals surface area contributed by atoms with Crippen LogP contribution in [-0.2, 0) is 4.79 Å². The normalized spacial score (nSPS) is 16.7. The monoisotopic (exact) mass is 358 g/mol. The van der Waals surface area contributed by atoms with Gasteiger partial charge < -0.3 is 5.32 Å². The number of nitrogens with one attached hydrogen (secondary N) is 1. The quantitative estimate of drug-likeness (QED) is 0.814. The van der Waals surface area contributed by atoms with Crippen LogP contribution < -0.4 is 5.32 Å². The summed E-state index contributed by atoms with van der Waals surface area (Å²) in [5.74, 6) is 0.512. The van der Waals surface area contributed by atoms with Crippen molar-refractivity contribution in [3.8, 4) is 0 Å². The van der Waals surface area contributed by atoms with E-state index < -0.39 is 0 Å². The van der Waals surface area contributed by atoms with Crippen LogP contribution in [0.2, 0.25) is 5.02 Å². The molecule has 1 fully saturated rings. The van der Waals surface area contributed by atoms with Crippen LogP contribution in [0.4, 0.5) is 0 Å². The maximum absolute atomic E-state index is 12.0. The van der Waals surface area contributed by atoms with E-state index >= 15 is 0 Å². The predicted octanol–water partition coefficient (Wildman–Crippen LogP) is 4.45. The van der Waals surface area contributed by atoms with Gasteiger partial charge in [-0.15, -0.1) is 12.4 Å². The Labute approximate surface area is 151 Å². The van der Waals surface area contributed by atoms with Crippen molar-refractivity contribution in [1.29, 1.82) is 0 Å². The molecule has 5 heteroatoms. The predicted molar refractivity (Wildman–Crippen MR) is 99.3 cm³/mol. The number of benzene rings is 1. The maximum atomic E-state index is 12.0. The van der Waals surface area contributed by atoms with Gasteiger partial charge in [0.2, 0.25) is 5.91 Å². The van der Waals surface area contributed by atoms with Gasteiger partial charge in [0, 0.05) is 18.0 Å². The van der Waals surface area contributed by atoms with Crippen LogP contribution in [-0.4, -0.2) is 30.4 Å². The molecule has 3 nitrogen and oxygen atoms in total. The number of hydrogen-bond donors (Lipinski definition) is 1. The first-order chi connectivity index (χ1) is 10.6. The first kappa shape index (κ1) is 20.3. The van der Waals surface area contributed by atoms with Crippen molar-refractivity contribution in [2.45, 2.75) is 45.6 Å². The molecule has 1 N–H and O–H groups in total. The Morgan fingerprint density at radius 2 is 1.87 bits per heavy atom. The fourth-order valence-electron chi connectivity index (χ4n) is 3.06. The molecule has 1 unspecified atom stereocenters. The second kappa shape index (κ2) is 10.2. The molecule has 23 heavy (non-hydrogen) atoms. The van der Waals surface area contributed by atoms with Crippen molar-refractivity contribution in [3.05, 3.63) is 34.9 Å². The van der Waals surface area contributed by atoms with E-state index in [0.717, 1.165) is 23.7 Å². The molecular weight excluding hydrogens is 331 g/mol. The van der Waals surface area contributed by atoms with Crippen molar-refractivity contribution in [3.63, 3.8) is 0 Å². The van der Waals surface area contributed by atoms with Crippen LogP contribution >= 0.6 is 24.0 Å². The van der Waals surface area contributed by atoms with E-state index in [1.165, 1.54) is 19.3 Å². The Balaban J connectivity index is 0.00000264. The van der Waals surface area contributed by atoms with E-state index in [-0.39, 0.29) is 24.4 Å². The molecule has 1 atom stereocenters. The summed E-state index contributed by atoms with van der Waals surface area (Å²) in [4.78, 5) is 14.5. The van der Waals surface area contributed by atoms with Crippen LogP contribution in [0.5, 0.6) is 0 Å². The minimum atomic E-state index is 0. The molecular formula is C18H28Cl2N2O. The molecule has 0 aromatic heterocycles. The minimum Gasteiger partial charge on any atom is -0.354 e. The zero-order chi connectivity index (χ0) is 15.9. The molecule has 1 heterocycles. The average molecular weight is 359 g/mol. The Bertz CT molecular complexity index is 488. The van der Waals surface area contributed by atoms with Crippen molar-refractivity contribution in [1.82, 2.24) is 10.2 Å². The number of halogens is 2. The lowest BCUT2D eigenvalue weighted by Gasteiger charge is -2.35. The maximum Gasteiger partial charge on any atom is 0.220 e. The van der Waals surface area contributed by atoms with Crippen molar-refractivity contribution in [2.24, 2.45) is 5.92 Å². The summed E-state index contributed by atoms with van der Waals surface area (Å²) in [5, 5.41) is 3.89. The molecule has 1 aliphatic heterocycles. The molecule has 2 rings (SSSR count). The van der Waals surface area contributed by atoms with E-state index in [1.807, 2.05) is 18.2 Å². The SMILES string of the molecule is CC(C)CC(=O)NCC(c1ccccc1Cl)N1CCCCC1.Cl. The minimum absolute atomic E-state index is 0. The van der Waals surface area contributed by atoms with E-state index in [2.05, 4.69) is 30.1 Å². The van der Waals surface area contributed by atoms with Crippen LogP contribution in [0.15, 0.2) is 24.3 Å². The Morgan fingerprint density at radius 1 is 1.22 bits per heavy atom. The zero-order valence-electron chi connectivity index (χ0n) is 14.1. The van der Waals surface area contributed by atoms with E-state index in [1.54, 1.807) is 0 Å². The van der Waals surface area contributed by atoms with Gasteiger partial charge in [0.15, 0.2) is 0 Å². The Hall–Kier alpha value is -0.770. The zero-order valence-corrected chi connectivity index (χ0v) is 15.6. The van der Waals surface area contributed by atoms with E-state index in [9.17, 15) is 4.79 Å². The van der Waals surface area contributed by atoms with Gasteiger partial charge in [-0.05, 0) is 43.5 Å². The first-order valence-corrected chi connectivity index (χ1v) is 8.71. The smallest absolute Gasteiger partial charge is 0.220 e. The van der Waals surface area contributed by atoms with E-state index in [0.29, 0.717) is 18.9 Å². The van der Waals surface area contributed by atoms with Gasteiger partial charge in [0.25, 0.3) is 0 Å². The largest absolute Gasteiger partial charge is 0.354 e. The van der Waals surface area contributed by atoms with Gasteiger partial charge in [-0.1, -0.05) is 50.1 Å². The van der Waals surface area contributed by atoms with Gasteiger partial charge >= 0.3 is 0 Å². The summed E-state index contributed by atoms with van der Waals surface area (Å²) >= 11 is 6.40. The second-order valence-corrected chi connectivity index (χ2v) is 6.94. The third kappa shape index (κ3) is 6.33. The average Bonchev–Trinajstić information content (AvgIpc) is 2.49. The van der Waals surface area contributed by atoms with Crippen molar-refractivity contribution in [2.75, 3.05) is 19.6 Å². The molecule has 1 amide bonds. The number of amides is 1. The first-order valence-electron chi connectivity index (χ1n) is 8.33. The molecule has 0 aliphatic carbocycles. The molecule has 1 saturated heterocycles. The summed E-state index contributed by atoms with van der Waals surface area (Å²) < 4.78 is 0. The summed E-state index contributed by atoms with van der Waals surface area (Å²) in [6.45, 7) is 6.92.